The first-order chi connectivity index (χ1) is 10.4. The quantitative estimate of drug-likeness (QED) is 0.865. The molecule has 1 fully saturated rings. The summed E-state index contributed by atoms with van der Waals surface area (Å²) in [6, 6.07) is 0.191. The predicted molar refractivity (Wildman–Crippen MR) is 81.2 cm³/mol. The third kappa shape index (κ3) is 3.21. The number of rotatable bonds is 3. The zero-order valence-corrected chi connectivity index (χ0v) is 13.8. The zero-order valence-electron chi connectivity index (χ0n) is 13.8. The van der Waals surface area contributed by atoms with Gasteiger partial charge in [-0.05, 0) is 19.4 Å². The number of piperidine rings is 1. The summed E-state index contributed by atoms with van der Waals surface area (Å²) in [6.45, 7) is 9.94. The summed E-state index contributed by atoms with van der Waals surface area (Å²) in [7, 11) is 0. The number of nitrogens with zero attached hydrogens (tertiary/aromatic N) is 4. The maximum Gasteiger partial charge on any atom is 0.223 e. The minimum absolute atomic E-state index is 0.00777. The molecule has 0 radical (unpaired) electrons. The minimum atomic E-state index is 0.00777. The molecule has 0 amide bonds. The van der Waals surface area contributed by atoms with E-state index in [-0.39, 0.29) is 11.5 Å². The highest BCUT2D eigenvalue weighted by molar-refractivity contribution is 5.08. The van der Waals surface area contributed by atoms with Crippen LogP contribution in [0, 0.1) is 6.92 Å². The molecule has 3 heterocycles. The Hall–Kier alpha value is -1.69. The van der Waals surface area contributed by atoms with Crippen molar-refractivity contribution in [3.8, 4) is 0 Å². The van der Waals surface area contributed by atoms with Gasteiger partial charge in [-0.25, -0.2) is 4.98 Å². The van der Waals surface area contributed by atoms with Crippen LogP contribution in [-0.2, 0) is 12.0 Å². The average molecular weight is 304 g/mol. The third-order valence-electron chi connectivity index (χ3n) is 4.11. The molecule has 1 saturated heterocycles. The van der Waals surface area contributed by atoms with Crippen molar-refractivity contribution < 1.29 is 8.94 Å². The lowest BCUT2D eigenvalue weighted by Gasteiger charge is -2.32. The van der Waals surface area contributed by atoms with Gasteiger partial charge in [0.05, 0.1) is 18.3 Å². The van der Waals surface area contributed by atoms with Gasteiger partial charge in [0, 0.05) is 12.3 Å². The van der Waals surface area contributed by atoms with Gasteiger partial charge in [0.1, 0.15) is 6.26 Å². The Bertz CT molecular complexity index is 626. The lowest BCUT2D eigenvalue weighted by Crippen LogP contribution is -2.33. The summed E-state index contributed by atoms with van der Waals surface area (Å²) in [5.74, 6) is 2.16. The molecule has 2 aromatic rings. The first kappa shape index (κ1) is 15.2. The van der Waals surface area contributed by atoms with Gasteiger partial charge in [0.2, 0.25) is 11.8 Å². The van der Waals surface area contributed by atoms with E-state index in [1.165, 1.54) is 12.8 Å². The fraction of sp³-hybridized carbons (Fsp3) is 0.688. The van der Waals surface area contributed by atoms with E-state index in [1.54, 1.807) is 6.26 Å². The second kappa shape index (κ2) is 5.83. The zero-order chi connectivity index (χ0) is 15.7. The van der Waals surface area contributed by atoms with E-state index in [4.69, 9.17) is 8.94 Å². The summed E-state index contributed by atoms with van der Waals surface area (Å²) in [5.41, 5.74) is 1.000. The molecule has 6 nitrogen and oxygen atoms in total. The second-order valence-electron chi connectivity index (χ2n) is 7.03. The fourth-order valence-corrected chi connectivity index (χ4v) is 2.82. The van der Waals surface area contributed by atoms with Crippen molar-refractivity contribution in [1.29, 1.82) is 0 Å². The molecule has 0 unspecified atom stereocenters. The average Bonchev–Trinajstić information content (AvgIpc) is 3.08. The van der Waals surface area contributed by atoms with Gasteiger partial charge in [-0.15, -0.1) is 0 Å². The Balaban J connectivity index is 1.75. The minimum Gasteiger partial charge on any atom is -0.447 e. The van der Waals surface area contributed by atoms with E-state index >= 15 is 0 Å². The summed E-state index contributed by atoms with van der Waals surface area (Å²) in [6.07, 6.45) is 5.19. The highest BCUT2D eigenvalue weighted by Gasteiger charge is 2.29. The standard InChI is InChI=1S/C16H24N4O2/c1-11-17-15(19-22-11)12-7-5-6-8-20(12)9-14-18-13(10-21-14)16(2,3)4/h10,12H,5-9H2,1-4H3/t12-/m0/s1. The van der Waals surface area contributed by atoms with Gasteiger partial charge >= 0.3 is 0 Å². The summed E-state index contributed by atoms with van der Waals surface area (Å²) in [4.78, 5) is 11.4. The van der Waals surface area contributed by atoms with Gasteiger partial charge in [-0.3, -0.25) is 4.90 Å². The van der Waals surface area contributed by atoms with E-state index in [1.807, 2.05) is 6.92 Å². The van der Waals surface area contributed by atoms with Crippen molar-refractivity contribution in [3.63, 3.8) is 0 Å². The Morgan fingerprint density at radius 2 is 2.09 bits per heavy atom. The molecule has 1 aliphatic heterocycles. The second-order valence-corrected chi connectivity index (χ2v) is 7.03. The largest absolute Gasteiger partial charge is 0.447 e. The van der Waals surface area contributed by atoms with Gasteiger partial charge in [0.25, 0.3) is 0 Å². The van der Waals surface area contributed by atoms with Crippen LogP contribution in [0.15, 0.2) is 15.2 Å². The lowest BCUT2D eigenvalue weighted by molar-refractivity contribution is 0.119. The summed E-state index contributed by atoms with van der Waals surface area (Å²) < 4.78 is 10.8. The van der Waals surface area contributed by atoms with Crippen molar-refractivity contribution in [2.24, 2.45) is 0 Å². The van der Waals surface area contributed by atoms with E-state index in [0.717, 1.165) is 30.4 Å². The maximum absolute atomic E-state index is 5.67. The normalized spacial score (nSPS) is 20.5. The van der Waals surface area contributed by atoms with Crippen LogP contribution in [0.3, 0.4) is 0 Å². The van der Waals surface area contributed by atoms with Crippen LogP contribution < -0.4 is 0 Å². The maximum atomic E-state index is 5.67. The number of hydrogen-bond donors (Lipinski definition) is 0. The monoisotopic (exact) mass is 304 g/mol. The number of oxazole rings is 1. The molecule has 2 aromatic heterocycles. The summed E-state index contributed by atoms with van der Waals surface area (Å²) in [5, 5.41) is 4.10. The Kier molecular flexibility index (Phi) is 4.04. The van der Waals surface area contributed by atoms with Crippen molar-refractivity contribution in [2.75, 3.05) is 6.54 Å². The Labute approximate surface area is 130 Å². The number of likely N-dealkylation sites (tertiary alicyclic amines) is 1. The lowest BCUT2D eigenvalue weighted by atomic mass is 9.93. The molecular weight excluding hydrogens is 280 g/mol. The van der Waals surface area contributed by atoms with Crippen molar-refractivity contribution >= 4 is 0 Å². The van der Waals surface area contributed by atoms with E-state index in [9.17, 15) is 0 Å². The van der Waals surface area contributed by atoms with Crippen LogP contribution >= 0.6 is 0 Å². The molecule has 22 heavy (non-hydrogen) atoms. The third-order valence-corrected chi connectivity index (χ3v) is 4.11. The molecule has 1 aliphatic rings. The Morgan fingerprint density at radius 1 is 1.27 bits per heavy atom. The topological polar surface area (TPSA) is 68.2 Å². The van der Waals surface area contributed by atoms with Crippen LogP contribution in [0.25, 0.3) is 0 Å². The Morgan fingerprint density at radius 3 is 2.73 bits per heavy atom. The number of hydrogen-bond acceptors (Lipinski definition) is 6. The highest BCUT2D eigenvalue weighted by atomic mass is 16.5. The van der Waals surface area contributed by atoms with Crippen molar-refractivity contribution in [3.05, 3.63) is 29.6 Å². The SMILES string of the molecule is Cc1nc([C@@H]2CCCCN2Cc2nc(C(C)(C)C)co2)no1. The van der Waals surface area contributed by atoms with Gasteiger partial charge < -0.3 is 8.94 Å². The fourth-order valence-electron chi connectivity index (χ4n) is 2.82. The molecule has 0 saturated carbocycles. The first-order valence-corrected chi connectivity index (χ1v) is 7.92. The summed E-state index contributed by atoms with van der Waals surface area (Å²) >= 11 is 0. The van der Waals surface area contributed by atoms with Crippen LogP contribution in [0.4, 0.5) is 0 Å². The van der Waals surface area contributed by atoms with Gasteiger partial charge in [-0.1, -0.05) is 32.3 Å². The van der Waals surface area contributed by atoms with Gasteiger partial charge in [0.15, 0.2) is 5.82 Å². The van der Waals surface area contributed by atoms with Crippen molar-refractivity contribution in [1.82, 2.24) is 20.0 Å². The molecule has 120 valence electrons. The molecule has 0 aliphatic carbocycles. The molecular formula is C16H24N4O2. The highest BCUT2D eigenvalue weighted by Crippen LogP contribution is 2.31. The first-order valence-electron chi connectivity index (χ1n) is 7.92. The molecule has 6 heteroatoms. The molecule has 0 spiro atoms. The molecule has 1 atom stereocenters. The molecule has 0 bridgehead atoms. The number of aryl methyl sites for hydroxylation is 1. The number of aromatic nitrogens is 3. The predicted octanol–water partition coefficient (Wildman–Crippen LogP) is 3.39. The van der Waals surface area contributed by atoms with Gasteiger partial charge in [-0.2, -0.15) is 4.98 Å². The van der Waals surface area contributed by atoms with E-state index in [0.29, 0.717) is 12.4 Å². The molecule has 0 aromatic carbocycles. The van der Waals surface area contributed by atoms with Crippen LogP contribution in [-0.4, -0.2) is 26.6 Å². The van der Waals surface area contributed by atoms with E-state index in [2.05, 4.69) is 40.8 Å². The smallest absolute Gasteiger partial charge is 0.223 e. The van der Waals surface area contributed by atoms with Crippen molar-refractivity contribution in [2.45, 2.75) is 65.0 Å². The van der Waals surface area contributed by atoms with Crippen LogP contribution in [0.1, 0.15) is 69.4 Å². The van der Waals surface area contributed by atoms with E-state index < -0.39 is 0 Å². The molecule has 3 rings (SSSR count). The van der Waals surface area contributed by atoms with Crippen LogP contribution in [0.5, 0.6) is 0 Å². The molecule has 0 N–H and O–H groups in total. The van der Waals surface area contributed by atoms with Crippen LogP contribution in [0.2, 0.25) is 0 Å².